The molecule has 0 radical (unpaired) electrons. The molecule has 2 heterocycles. The van der Waals surface area contributed by atoms with Crippen LogP contribution >= 0.6 is 15.9 Å². The van der Waals surface area contributed by atoms with E-state index in [1.807, 2.05) is 20.0 Å². The van der Waals surface area contributed by atoms with E-state index in [1.54, 1.807) is 17.1 Å². The molecule has 0 bridgehead atoms. The van der Waals surface area contributed by atoms with E-state index < -0.39 is 0 Å². The molecule has 0 aliphatic heterocycles. The summed E-state index contributed by atoms with van der Waals surface area (Å²) in [6.45, 7) is 1.98. The van der Waals surface area contributed by atoms with E-state index in [-0.39, 0.29) is 6.04 Å². The van der Waals surface area contributed by atoms with Gasteiger partial charge in [-0.15, -0.1) is 0 Å². The minimum atomic E-state index is -0.211. The summed E-state index contributed by atoms with van der Waals surface area (Å²) in [5.41, 5.74) is 4.73. The summed E-state index contributed by atoms with van der Waals surface area (Å²) in [7, 11) is 1.86. The van der Waals surface area contributed by atoms with Crippen LogP contribution in [0.4, 0.5) is 0 Å². The molecule has 16 heavy (non-hydrogen) atoms. The zero-order chi connectivity index (χ0) is 11.7. The van der Waals surface area contributed by atoms with Crippen LogP contribution in [-0.2, 0) is 7.05 Å². The van der Waals surface area contributed by atoms with Gasteiger partial charge in [0.05, 0.1) is 22.6 Å². The monoisotopic (exact) mass is 284 g/mol. The largest absolute Gasteiger partial charge is 0.467 e. The fourth-order valence-corrected chi connectivity index (χ4v) is 2.28. The van der Waals surface area contributed by atoms with Crippen molar-refractivity contribution >= 4 is 15.9 Å². The lowest BCUT2D eigenvalue weighted by Gasteiger charge is -2.15. The fraction of sp³-hybridized carbons (Fsp3) is 0.300. The van der Waals surface area contributed by atoms with Gasteiger partial charge in [0.15, 0.2) is 0 Å². The van der Waals surface area contributed by atoms with Crippen molar-refractivity contribution in [2.75, 3.05) is 0 Å². The van der Waals surface area contributed by atoms with Gasteiger partial charge in [0, 0.05) is 7.05 Å². The second kappa shape index (κ2) is 4.40. The van der Waals surface area contributed by atoms with Crippen LogP contribution in [0, 0.1) is 6.92 Å². The average Bonchev–Trinajstić information content (AvgIpc) is 2.80. The average molecular weight is 285 g/mol. The van der Waals surface area contributed by atoms with E-state index in [0.717, 1.165) is 21.5 Å². The van der Waals surface area contributed by atoms with Gasteiger partial charge >= 0.3 is 0 Å². The van der Waals surface area contributed by atoms with Gasteiger partial charge in [-0.25, -0.2) is 5.43 Å². The number of hydrogen-bond donors (Lipinski definition) is 2. The third-order valence-corrected chi connectivity index (χ3v) is 3.15. The van der Waals surface area contributed by atoms with E-state index in [4.69, 9.17) is 10.3 Å². The van der Waals surface area contributed by atoms with Crippen molar-refractivity contribution in [2.24, 2.45) is 12.9 Å². The van der Waals surface area contributed by atoms with E-state index in [1.165, 1.54) is 0 Å². The summed E-state index contributed by atoms with van der Waals surface area (Å²) in [4.78, 5) is 0. The van der Waals surface area contributed by atoms with E-state index in [0.29, 0.717) is 0 Å². The third kappa shape index (κ3) is 1.79. The van der Waals surface area contributed by atoms with Crippen molar-refractivity contribution in [2.45, 2.75) is 13.0 Å². The van der Waals surface area contributed by atoms with Crippen molar-refractivity contribution < 1.29 is 4.42 Å². The Morgan fingerprint density at radius 3 is 2.81 bits per heavy atom. The highest BCUT2D eigenvalue weighted by Crippen LogP contribution is 2.29. The van der Waals surface area contributed by atoms with E-state index in [9.17, 15) is 0 Å². The molecule has 6 heteroatoms. The summed E-state index contributed by atoms with van der Waals surface area (Å²) in [5.74, 6) is 6.39. The van der Waals surface area contributed by atoms with Crippen LogP contribution in [0.25, 0.3) is 0 Å². The number of nitrogens with one attached hydrogen (secondary N) is 1. The number of hydrogen-bond acceptors (Lipinski definition) is 4. The predicted molar refractivity (Wildman–Crippen MR) is 63.5 cm³/mol. The molecule has 0 aliphatic rings. The van der Waals surface area contributed by atoms with Gasteiger partial charge in [-0.2, -0.15) is 5.10 Å². The number of aromatic nitrogens is 2. The minimum Gasteiger partial charge on any atom is -0.467 e. The highest BCUT2D eigenvalue weighted by molar-refractivity contribution is 9.10. The van der Waals surface area contributed by atoms with Gasteiger partial charge in [-0.3, -0.25) is 10.5 Å². The van der Waals surface area contributed by atoms with Gasteiger partial charge in [0.25, 0.3) is 0 Å². The van der Waals surface area contributed by atoms with Gasteiger partial charge in [-0.05, 0) is 34.5 Å². The lowest BCUT2D eigenvalue weighted by Crippen LogP contribution is -2.30. The normalized spacial score (nSPS) is 13.0. The molecule has 2 aromatic heterocycles. The number of rotatable bonds is 3. The highest BCUT2D eigenvalue weighted by atomic mass is 79.9. The van der Waals surface area contributed by atoms with Crippen LogP contribution in [0.5, 0.6) is 0 Å². The number of aryl methyl sites for hydroxylation is 2. The van der Waals surface area contributed by atoms with Gasteiger partial charge < -0.3 is 4.42 Å². The summed E-state index contributed by atoms with van der Waals surface area (Å²) in [6.07, 6.45) is 3.39. The molecule has 0 spiro atoms. The van der Waals surface area contributed by atoms with Crippen LogP contribution in [0.3, 0.4) is 0 Å². The highest BCUT2D eigenvalue weighted by Gasteiger charge is 2.23. The number of nitrogens with two attached hydrogens (primary N) is 1. The maximum Gasteiger partial charge on any atom is 0.131 e. The number of furan rings is 1. The van der Waals surface area contributed by atoms with E-state index in [2.05, 4.69) is 26.5 Å². The molecule has 1 unspecified atom stereocenters. The molecule has 2 aromatic rings. The molecule has 5 nitrogen and oxygen atoms in total. The topological polar surface area (TPSA) is 69.0 Å². The van der Waals surface area contributed by atoms with Crippen LogP contribution in [0.1, 0.15) is 23.1 Å². The minimum absolute atomic E-state index is 0.211. The molecule has 0 saturated carbocycles. The summed E-state index contributed by atoms with van der Waals surface area (Å²) < 4.78 is 8.10. The Kier molecular flexibility index (Phi) is 3.13. The molecule has 1 atom stereocenters. The molecule has 0 saturated heterocycles. The first-order valence-electron chi connectivity index (χ1n) is 4.82. The maximum absolute atomic E-state index is 5.59. The Balaban J connectivity index is 2.49. The molecule has 0 fully saturated rings. The van der Waals surface area contributed by atoms with Crippen molar-refractivity contribution in [3.8, 4) is 0 Å². The number of nitrogens with zero attached hydrogens (tertiary/aromatic N) is 2. The second-order valence-corrected chi connectivity index (χ2v) is 4.42. The SMILES string of the molecule is Cc1ccoc1C(NN)c1c(Br)cnn1C. The summed E-state index contributed by atoms with van der Waals surface area (Å²) >= 11 is 3.45. The Morgan fingerprint density at radius 1 is 1.62 bits per heavy atom. The quantitative estimate of drug-likeness (QED) is 0.664. The lowest BCUT2D eigenvalue weighted by atomic mass is 10.1. The lowest BCUT2D eigenvalue weighted by molar-refractivity contribution is 0.434. The van der Waals surface area contributed by atoms with Crippen LogP contribution in [-0.4, -0.2) is 9.78 Å². The zero-order valence-electron chi connectivity index (χ0n) is 9.07. The zero-order valence-corrected chi connectivity index (χ0v) is 10.7. The first-order valence-corrected chi connectivity index (χ1v) is 5.62. The van der Waals surface area contributed by atoms with Crippen LogP contribution in [0.15, 0.2) is 27.4 Å². The predicted octanol–water partition coefficient (Wildman–Crippen LogP) is 1.64. The molecule has 0 aliphatic carbocycles. The fourth-order valence-electron chi connectivity index (χ4n) is 1.70. The Morgan fingerprint density at radius 2 is 2.38 bits per heavy atom. The molecule has 0 aromatic carbocycles. The summed E-state index contributed by atoms with van der Waals surface area (Å²) in [6, 6.07) is 1.70. The molecule has 3 N–H and O–H groups in total. The van der Waals surface area contributed by atoms with Gasteiger partial charge in [-0.1, -0.05) is 0 Å². The Labute approximate surface area is 102 Å². The van der Waals surface area contributed by atoms with Gasteiger partial charge in [0.1, 0.15) is 11.8 Å². The van der Waals surface area contributed by atoms with Crippen molar-refractivity contribution in [1.82, 2.24) is 15.2 Å². The molecular formula is C10H13BrN4O. The molecule has 0 amide bonds. The van der Waals surface area contributed by atoms with E-state index >= 15 is 0 Å². The van der Waals surface area contributed by atoms with Crippen molar-refractivity contribution in [3.63, 3.8) is 0 Å². The van der Waals surface area contributed by atoms with Crippen LogP contribution in [0.2, 0.25) is 0 Å². The molecule has 2 rings (SSSR count). The smallest absolute Gasteiger partial charge is 0.131 e. The number of halogens is 1. The first kappa shape index (κ1) is 11.4. The maximum atomic E-state index is 5.59. The first-order chi connectivity index (χ1) is 7.65. The Hall–Kier alpha value is -1.11. The second-order valence-electron chi connectivity index (χ2n) is 3.57. The van der Waals surface area contributed by atoms with Crippen molar-refractivity contribution in [3.05, 3.63) is 40.0 Å². The molecular weight excluding hydrogens is 272 g/mol. The summed E-state index contributed by atoms with van der Waals surface area (Å²) in [5, 5.41) is 4.16. The van der Waals surface area contributed by atoms with Crippen molar-refractivity contribution in [1.29, 1.82) is 0 Å². The molecule has 86 valence electrons. The number of hydrazine groups is 1. The standard InChI is InChI=1S/C10H13BrN4O/c1-6-3-4-16-10(6)8(14-12)9-7(11)5-13-15(9)2/h3-5,8,14H,12H2,1-2H3. The third-order valence-electron chi connectivity index (χ3n) is 2.54. The van der Waals surface area contributed by atoms with Gasteiger partial charge in [0.2, 0.25) is 0 Å². The Bertz CT molecular complexity index is 471. The van der Waals surface area contributed by atoms with Crippen LogP contribution < -0.4 is 11.3 Å².